The number of carbonyl (C=O) groups excluding carboxylic acids is 1. The summed E-state index contributed by atoms with van der Waals surface area (Å²) >= 11 is 6.23. The molecular formula is C22H27ClFN7O2. The summed E-state index contributed by atoms with van der Waals surface area (Å²) in [5.74, 6) is -0.189. The van der Waals surface area contributed by atoms with E-state index < -0.39 is 5.82 Å². The standard InChI is InChI=1S/C22H27ClFN7O2/c1-2-13(11-32)27-21-26-10-17-20(30-21)31(14-8-6-12(7-9-14)19(25)33)22(28-17)29-18-15(23)4-3-5-16(18)24/h3-5,10,12-14,32H,2,6-9,11H2,1H3,(H2,25,33)(H,28,29)(H,26,27,30)/t12-,13-,14+/m0/s1. The lowest BCUT2D eigenvalue weighted by molar-refractivity contribution is -0.122. The number of carbonyl (C=O) groups is 1. The van der Waals surface area contributed by atoms with Gasteiger partial charge in [0.2, 0.25) is 17.8 Å². The molecule has 33 heavy (non-hydrogen) atoms. The van der Waals surface area contributed by atoms with Crippen LogP contribution in [0.1, 0.15) is 45.1 Å². The fourth-order valence-electron chi connectivity index (χ4n) is 4.20. The molecule has 176 valence electrons. The third-order valence-electron chi connectivity index (χ3n) is 6.14. The van der Waals surface area contributed by atoms with Crippen molar-refractivity contribution in [2.75, 3.05) is 17.2 Å². The maximum absolute atomic E-state index is 14.5. The first-order chi connectivity index (χ1) is 15.9. The molecule has 1 amide bonds. The zero-order valence-corrected chi connectivity index (χ0v) is 19.0. The van der Waals surface area contributed by atoms with Crippen molar-refractivity contribution < 1.29 is 14.3 Å². The number of fused-ring (bicyclic) bond motifs is 1. The number of nitrogens with one attached hydrogen (secondary N) is 2. The monoisotopic (exact) mass is 475 g/mol. The number of aliphatic hydroxyl groups excluding tert-OH is 1. The molecule has 9 nitrogen and oxygen atoms in total. The van der Waals surface area contributed by atoms with Crippen LogP contribution in [0.4, 0.5) is 22.0 Å². The minimum absolute atomic E-state index is 0.0267. The van der Waals surface area contributed by atoms with Crippen LogP contribution < -0.4 is 16.4 Å². The van der Waals surface area contributed by atoms with Crippen LogP contribution in [0.3, 0.4) is 0 Å². The van der Waals surface area contributed by atoms with Crippen molar-refractivity contribution in [1.29, 1.82) is 0 Å². The predicted molar refractivity (Wildman–Crippen MR) is 125 cm³/mol. The summed E-state index contributed by atoms with van der Waals surface area (Å²) in [5, 5.41) is 15.9. The summed E-state index contributed by atoms with van der Waals surface area (Å²) < 4.78 is 16.4. The molecule has 1 fully saturated rings. The molecule has 0 spiro atoms. The zero-order chi connectivity index (χ0) is 23.5. The van der Waals surface area contributed by atoms with Gasteiger partial charge in [-0.05, 0) is 44.2 Å². The normalized spacial score (nSPS) is 19.4. The van der Waals surface area contributed by atoms with Crippen LogP contribution in [0.5, 0.6) is 0 Å². The summed E-state index contributed by atoms with van der Waals surface area (Å²) in [4.78, 5) is 25.2. The largest absolute Gasteiger partial charge is 0.394 e. The first-order valence-corrected chi connectivity index (χ1v) is 11.4. The number of imidazole rings is 1. The molecule has 2 heterocycles. The highest BCUT2D eigenvalue weighted by Crippen LogP contribution is 2.38. The Kier molecular flexibility index (Phi) is 6.94. The van der Waals surface area contributed by atoms with Crippen molar-refractivity contribution >= 4 is 46.3 Å². The van der Waals surface area contributed by atoms with Gasteiger partial charge >= 0.3 is 0 Å². The molecule has 2 aromatic heterocycles. The van der Waals surface area contributed by atoms with E-state index in [0.29, 0.717) is 55.2 Å². The van der Waals surface area contributed by atoms with Crippen LogP contribution in [0.15, 0.2) is 24.4 Å². The van der Waals surface area contributed by atoms with E-state index in [1.165, 1.54) is 12.1 Å². The van der Waals surface area contributed by atoms with E-state index in [2.05, 4.69) is 25.6 Å². The van der Waals surface area contributed by atoms with Gasteiger partial charge in [0.15, 0.2) is 5.65 Å². The molecule has 3 aromatic rings. The Morgan fingerprint density at radius 3 is 2.73 bits per heavy atom. The quantitative estimate of drug-likeness (QED) is 0.390. The van der Waals surface area contributed by atoms with Gasteiger partial charge in [0.05, 0.1) is 29.6 Å². The number of halogens is 2. The van der Waals surface area contributed by atoms with E-state index in [4.69, 9.17) is 17.3 Å². The van der Waals surface area contributed by atoms with Crippen LogP contribution in [0.2, 0.25) is 5.02 Å². The van der Waals surface area contributed by atoms with Crippen molar-refractivity contribution in [2.45, 2.75) is 51.1 Å². The number of aliphatic hydroxyl groups is 1. The Morgan fingerprint density at radius 2 is 2.09 bits per heavy atom. The van der Waals surface area contributed by atoms with Crippen molar-refractivity contribution in [3.63, 3.8) is 0 Å². The third-order valence-corrected chi connectivity index (χ3v) is 6.46. The molecule has 0 bridgehead atoms. The van der Waals surface area contributed by atoms with Crippen LogP contribution in [0, 0.1) is 11.7 Å². The SMILES string of the molecule is CC[C@@H](CO)Nc1ncc2nc(Nc3c(F)cccc3Cl)n([C@H]3CC[C@@H](C(N)=O)CC3)c2n1. The highest BCUT2D eigenvalue weighted by molar-refractivity contribution is 6.33. The third kappa shape index (κ3) is 4.86. The van der Waals surface area contributed by atoms with E-state index in [9.17, 15) is 14.3 Å². The van der Waals surface area contributed by atoms with Gasteiger partial charge in [0, 0.05) is 12.0 Å². The second kappa shape index (κ2) is 9.88. The maximum atomic E-state index is 14.5. The number of primary amides is 1. The minimum atomic E-state index is -0.499. The van der Waals surface area contributed by atoms with Crippen LogP contribution >= 0.6 is 11.6 Å². The first-order valence-electron chi connectivity index (χ1n) is 11.0. The molecule has 1 atom stereocenters. The number of nitrogens with two attached hydrogens (primary N) is 1. The Labute approximate surface area is 195 Å². The molecule has 0 aliphatic heterocycles. The predicted octanol–water partition coefficient (Wildman–Crippen LogP) is 3.76. The lowest BCUT2D eigenvalue weighted by atomic mass is 9.85. The fourth-order valence-corrected chi connectivity index (χ4v) is 4.41. The number of nitrogens with zero attached hydrogens (tertiary/aromatic N) is 4. The maximum Gasteiger partial charge on any atom is 0.225 e. The number of hydrogen-bond donors (Lipinski definition) is 4. The smallest absolute Gasteiger partial charge is 0.225 e. The van der Waals surface area contributed by atoms with Crippen molar-refractivity contribution in [3.05, 3.63) is 35.2 Å². The van der Waals surface area contributed by atoms with Gasteiger partial charge in [-0.3, -0.25) is 9.36 Å². The molecule has 5 N–H and O–H groups in total. The second-order valence-electron chi connectivity index (χ2n) is 8.27. The number of amides is 1. The Morgan fingerprint density at radius 1 is 1.33 bits per heavy atom. The molecule has 0 saturated heterocycles. The van der Waals surface area contributed by atoms with E-state index in [0.717, 1.165) is 0 Å². The minimum Gasteiger partial charge on any atom is -0.394 e. The number of aromatic nitrogens is 4. The number of benzene rings is 1. The summed E-state index contributed by atoms with van der Waals surface area (Å²) in [5.41, 5.74) is 6.73. The number of anilines is 3. The molecule has 4 rings (SSSR count). The van der Waals surface area contributed by atoms with Crippen molar-refractivity contribution in [1.82, 2.24) is 19.5 Å². The lowest BCUT2D eigenvalue weighted by Crippen LogP contribution is -2.29. The Balaban J connectivity index is 1.76. The molecular weight excluding hydrogens is 449 g/mol. The van der Waals surface area contributed by atoms with Gasteiger partial charge < -0.3 is 21.5 Å². The summed E-state index contributed by atoms with van der Waals surface area (Å²) in [6, 6.07) is 4.24. The topological polar surface area (TPSA) is 131 Å². The fraction of sp³-hybridized carbons (Fsp3) is 0.455. The average Bonchev–Trinajstić information content (AvgIpc) is 3.17. The van der Waals surface area contributed by atoms with Gasteiger partial charge in [0.25, 0.3) is 0 Å². The van der Waals surface area contributed by atoms with Gasteiger partial charge in [-0.25, -0.2) is 14.4 Å². The molecule has 1 aliphatic carbocycles. The van der Waals surface area contributed by atoms with E-state index in [1.807, 2.05) is 11.5 Å². The van der Waals surface area contributed by atoms with Gasteiger partial charge in [0.1, 0.15) is 11.3 Å². The van der Waals surface area contributed by atoms with Gasteiger partial charge in [-0.15, -0.1) is 0 Å². The van der Waals surface area contributed by atoms with E-state index >= 15 is 0 Å². The molecule has 11 heteroatoms. The molecule has 0 unspecified atom stereocenters. The van der Waals surface area contributed by atoms with Gasteiger partial charge in [-0.2, -0.15) is 4.98 Å². The van der Waals surface area contributed by atoms with Crippen LogP contribution in [-0.4, -0.2) is 43.2 Å². The highest BCUT2D eigenvalue weighted by Gasteiger charge is 2.29. The Hall–Kier alpha value is -2.98. The molecule has 0 radical (unpaired) electrons. The number of hydrogen-bond acceptors (Lipinski definition) is 7. The van der Waals surface area contributed by atoms with E-state index in [1.54, 1.807) is 12.3 Å². The number of rotatable bonds is 8. The van der Waals surface area contributed by atoms with Crippen LogP contribution in [-0.2, 0) is 4.79 Å². The highest BCUT2D eigenvalue weighted by atomic mass is 35.5. The first kappa shape index (κ1) is 23.2. The molecule has 1 saturated carbocycles. The molecule has 1 aliphatic rings. The number of para-hydroxylation sites is 1. The van der Waals surface area contributed by atoms with Crippen molar-refractivity contribution in [2.24, 2.45) is 11.7 Å². The van der Waals surface area contributed by atoms with Gasteiger partial charge in [-0.1, -0.05) is 24.6 Å². The zero-order valence-electron chi connectivity index (χ0n) is 18.3. The van der Waals surface area contributed by atoms with E-state index in [-0.39, 0.29) is 41.2 Å². The van der Waals surface area contributed by atoms with Crippen molar-refractivity contribution in [3.8, 4) is 0 Å². The molecule has 1 aromatic carbocycles. The average molecular weight is 476 g/mol. The Bertz CT molecular complexity index is 1120. The lowest BCUT2D eigenvalue weighted by Gasteiger charge is -2.29. The summed E-state index contributed by atoms with van der Waals surface area (Å²) in [6.07, 6.45) is 4.98. The van der Waals surface area contributed by atoms with Crippen LogP contribution in [0.25, 0.3) is 11.2 Å². The second-order valence-corrected chi connectivity index (χ2v) is 8.68. The summed E-state index contributed by atoms with van der Waals surface area (Å²) in [7, 11) is 0. The summed E-state index contributed by atoms with van der Waals surface area (Å²) in [6.45, 7) is 1.90.